The van der Waals surface area contributed by atoms with Gasteiger partial charge in [-0.25, -0.2) is 0 Å². The maximum absolute atomic E-state index is 12.9. The third-order valence-electron chi connectivity index (χ3n) is 5.95. The van der Waals surface area contributed by atoms with Crippen molar-refractivity contribution in [3.63, 3.8) is 0 Å². The number of hydrogen-bond acceptors (Lipinski definition) is 4. The summed E-state index contributed by atoms with van der Waals surface area (Å²) in [6.45, 7) is 2.07. The first-order valence-electron chi connectivity index (χ1n) is 11.2. The predicted octanol–water partition coefficient (Wildman–Crippen LogP) is 5.91. The van der Waals surface area contributed by atoms with Gasteiger partial charge in [-0.1, -0.05) is 41.9 Å². The maximum Gasteiger partial charge on any atom is 0.244 e. The first kappa shape index (κ1) is 23.1. The second kappa shape index (κ2) is 9.90. The molecule has 0 saturated carbocycles. The molecule has 2 aromatic carbocycles. The van der Waals surface area contributed by atoms with Gasteiger partial charge in [0.1, 0.15) is 24.1 Å². The molecule has 1 amide bonds. The quantitative estimate of drug-likeness (QED) is 0.319. The number of halogens is 1. The van der Waals surface area contributed by atoms with Gasteiger partial charge < -0.3 is 20.0 Å². The van der Waals surface area contributed by atoms with Crippen molar-refractivity contribution >= 4 is 40.5 Å². The van der Waals surface area contributed by atoms with Crippen LogP contribution in [0.1, 0.15) is 29.1 Å². The highest BCUT2D eigenvalue weighted by molar-refractivity contribution is 7.80. The standard InChI is InChI=1S/C27H23ClN4O2S/c1-17-10-11-18(28)15-20(17)22-12-13-23(34-22)26-25(21-9-5-6-14-29-21)31-27(35)32(26)16-24(33)30-19-7-3-2-4-8-19/h2-15,25-26H,16H2,1H3,(H,30,33)(H,31,35)/t25-,26+/m1/s1. The number of amides is 1. The highest BCUT2D eigenvalue weighted by atomic mass is 35.5. The molecule has 2 N–H and O–H groups in total. The highest BCUT2D eigenvalue weighted by Crippen LogP contribution is 2.40. The fourth-order valence-electron chi connectivity index (χ4n) is 4.28. The van der Waals surface area contributed by atoms with E-state index >= 15 is 0 Å². The van der Waals surface area contributed by atoms with Crippen molar-refractivity contribution in [2.45, 2.75) is 19.0 Å². The number of carbonyl (C=O) groups excluding carboxylic acids is 1. The second-order valence-corrected chi connectivity index (χ2v) is 9.15. The van der Waals surface area contributed by atoms with Crippen molar-refractivity contribution in [1.82, 2.24) is 15.2 Å². The molecule has 1 aliphatic rings. The van der Waals surface area contributed by atoms with Crippen molar-refractivity contribution in [3.8, 4) is 11.3 Å². The molecule has 5 rings (SSSR count). The van der Waals surface area contributed by atoms with Gasteiger partial charge in [-0.3, -0.25) is 9.78 Å². The molecule has 2 atom stereocenters. The van der Waals surface area contributed by atoms with Crippen LogP contribution < -0.4 is 10.6 Å². The van der Waals surface area contributed by atoms with Crippen molar-refractivity contribution < 1.29 is 9.21 Å². The summed E-state index contributed by atoms with van der Waals surface area (Å²) in [4.78, 5) is 19.3. The Bertz CT molecular complexity index is 1360. The average Bonchev–Trinajstić information content (AvgIpc) is 3.46. The Morgan fingerprint density at radius 3 is 2.69 bits per heavy atom. The van der Waals surface area contributed by atoms with Crippen LogP contribution in [0.5, 0.6) is 0 Å². The maximum atomic E-state index is 12.9. The molecule has 2 aromatic heterocycles. The van der Waals surface area contributed by atoms with E-state index in [0.717, 1.165) is 22.5 Å². The molecule has 0 unspecified atom stereocenters. The number of thiocarbonyl (C=S) groups is 1. The van der Waals surface area contributed by atoms with Gasteiger partial charge in [0, 0.05) is 22.5 Å². The van der Waals surface area contributed by atoms with Gasteiger partial charge in [-0.2, -0.15) is 0 Å². The number of nitrogens with zero attached hydrogens (tertiary/aromatic N) is 2. The Balaban J connectivity index is 1.48. The van der Waals surface area contributed by atoms with Crippen LogP contribution in [0.25, 0.3) is 11.3 Å². The van der Waals surface area contributed by atoms with Crippen molar-refractivity contribution in [2.75, 3.05) is 11.9 Å². The second-order valence-electron chi connectivity index (χ2n) is 8.33. The highest BCUT2D eigenvalue weighted by Gasteiger charge is 2.42. The van der Waals surface area contributed by atoms with E-state index in [0.29, 0.717) is 21.7 Å². The lowest BCUT2D eigenvalue weighted by atomic mass is 10.0. The molecule has 6 nitrogen and oxygen atoms in total. The summed E-state index contributed by atoms with van der Waals surface area (Å²) in [5.74, 6) is 1.20. The molecule has 1 aliphatic heterocycles. The zero-order valence-electron chi connectivity index (χ0n) is 18.9. The molecule has 35 heavy (non-hydrogen) atoms. The number of aryl methyl sites for hydroxylation is 1. The largest absolute Gasteiger partial charge is 0.459 e. The number of pyridine rings is 1. The van der Waals surface area contributed by atoms with Crippen LogP contribution in [0.15, 0.2) is 89.5 Å². The van der Waals surface area contributed by atoms with E-state index in [2.05, 4.69) is 15.6 Å². The molecule has 0 bridgehead atoms. The van der Waals surface area contributed by atoms with E-state index in [1.54, 1.807) is 6.20 Å². The number of anilines is 1. The Hall–Kier alpha value is -3.68. The summed E-state index contributed by atoms with van der Waals surface area (Å²) in [6, 6.07) is 24.0. The summed E-state index contributed by atoms with van der Waals surface area (Å²) in [5, 5.41) is 7.37. The summed E-state index contributed by atoms with van der Waals surface area (Å²) in [6.07, 6.45) is 1.74. The molecule has 1 saturated heterocycles. The number of para-hydroxylation sites is 1. The first-order chi connectivity index (χ1) is 17.0. The van der Waals surface area contributed by atoms with Gasteiger partial charge in [-0.15, -0.1) is 0 Å². The van der Waals surface area contributed by atoms with Crippen LogP contribution in [0, 0.1) is 6.92 Å². The van der Waals surface area contributed by atoms with Crippen molar-refractivity contribution in [3.05, 3.63) is 107 Å². The fourth-order valence-corrected chi connectivity index (χ4v) is 4.75. The number of hydrogen-bond donors (Lipinski definition) is 2. The minimum atomic E-state index is -0.368. The Kier molecular flexibility index (Phi) is 6.53. The summed E-state index contributed by atoms with van der Waals surface area (Å²) in [7, 11) is 0. The van der Waals surface area contributed by atoms with Gasteiger partial charge in [0.15, 0.2) is 5.11 Å². The molecule has 0 radical (unpaired) electrons. The van der Waals surface area contributed by atoms with Crippen molar-refractivity contribution in [2.24, 2.45) is 0 Å². The van der Waals surface area contributed by atoms with Crippen molar-refractivity contribution in [1.29, 1.82) is 0 Å². The third-order valence-corrected chi connectivity index (χ3v) is 6.54. The minimum Gasteiger partial charge on any atom is -0.459 e. The SMILES string of the molecule is Cc1ccc(Cl)cc1-c1ccc([C@H]2[C@@H](c3ccccn3)NC(=S)N2CC(=O)Nc2ccccc2)o1. The van der Waals surface area contributed by atoms with Gasteiger partial charge in [-0.05, 0) is 73.2 Å². The zero-order valence-corrected chi connectivity index (χ0v) is 20.5. The number of benzene rings is 2. The fraction of sp³-hybridized carbons (Fsp3) is 0.148. The first-order valence-corrected chi connectivity index (χ1v) is 12.0. The van der Waals surface area contributed by atoms with E-state index in [1.807, 2.05) is 90.7 Å². The number of nitrogens with one attached hydrogen (secondary N) is 2. The van der Waals surface area contributed by atoms with E-state index in [9.17, 15) is 4.79 Å². The summed E-state index contributed by atoms with van der Waals surface area (Å²) >= 11 is 11.9. The summed E-state index contributed by atoms with van der Waals surface area (Å²) < 4.78 is 6.36. The molecule has 4 aromatic rings. The predicted molar refractivity (Wildman–Crippen MR) is 141 cm³/mol. The molecule has 1 fully saturated rings. The Labute approximate surface area is 213 Å². The molecule has 0 aliphatic carbocycles. The molecule has 3 heterocycles. The van der Waals surface area contributed by atoms with E-state index in [-0.39, 0.29) is 24.5 Å². The van der Waals surface area contributed by atoms with Gasteiger partial charge >= 0.3 is 0 Å². The van der Waals surface area contributed by atoms with E-state index in [4.69, 9.17) is 28.2 Å². The monoisotopic (exact) mass is 502 g/mol. The molecule has 8 heteroatoms. The third kappa shape index (κ3) is 4.92. The molecule has 0 spiro atoms. The van der Waals surface area contributed by atoms with Crippen LogP contribution >= 0.6 is 23.8 Å². The van der Waals surface area contributed by atoms with Crippen LogP contribution in [0.4, 0.5) is 5.69 Å². The lowest BCUT2D eigenvalue weighted by Crippen LogP contribution is -2.36. The van der Waals surface area contributed by atoms with Gasteiger partial charge in [0.05, 0.1) is 11.7 Å². The average molecular weight is 503 g/mol. The molecular formula is C27H23ClN4O2S. The van der Waals surface area contributed by atoms with E-state index < -0.39 is 0 Å². The minimum absolute atomic E-state index is 0.0565. The Morgan fingerprint density at radius 1 is 1.11 bits per heavy atom. The number of carbonyl (C=O) groups is 1. The topological polar surface area (TPSA) is 70.4 Å². The lowest BCUT2D eigenvalue weighted by molar-refractivity contribution is -0.116. The van der Waals surface area contributed by atoms with Crippen LogP contribution in [0.3, 0.4) is 0 Å². The van der Waals surface area contributed by atoms with Gasteiger partial charge in [0.2, 0.25) is 5.91 Å². The van der Waals surface area contributed by atoms with Crippen LogP contribution in [-0.4, -0.2) is 27.4 Å². The molecular weight excluding hydrogens is 480 g/mol. The van der Waals surface area contributed by atoms with Crippen LogP contribution in [-0.2, 0) is 4.79 Å². The number of aromatic nitrogens is 1. The molecule has 176 valence electrons. The lowest BCUT2D eigenvalue weighted by Gasteiger charge is -2.25. The zero-order chi connectivity index (χ0) is 24.4. The van der Waals surface area contributed by atoms with Gasteiger partial charge in [0.25, 0.3) is 0 Å². The Morgan fingerprint density at radius 2 is 1.91 bits per heavy atom. The number of rotatable bonds is 6. The normalized spacial score (nSPS) is 17.3. The van der Waals surface area contributed by atoms with Crippen LogP contribution in [0.2, 0.25) is 5.02 Å². The smallest absolute Gasteiger partial charge is 0.244 e. The number of furan rings is 1. The van der Waals surface area contributed by atoms with E-state index in [1.165, 1.54) is 0 Å². The summed E-state index contributed by atoms with van der Waals surface area (Å²) in [5.41, 5.74) is 3.50.